The quantitative estimate of drug-likeness (QED) is 0.842. The van der Waals surface area contributed by atoms with Gasteiger partial charge < -0.3 is 4.90 Å². The van der Waals surface area contributed by atoms with Crippen LogP contribution in [0.15, 0.2) is 18.7 Å². The van der Waals surface area contributed by atoms with E-state index in [1.54, 1.807) is 6.33 Å². The Morgan fingerprint density at radius 2 is 2.10 bits per heavy atom. The molecule has 0 N–H and O–H groups in total. The normalized spacial score (nSPS) is 24.8. The van der Waals surface area contributed by atoms with Gasteiger partial charge in [-0.2, -0.15) is 0 Å². The minimum absolute atomic E-state index is 0.530. The molecule has 0 aromatic carbocycles. The summed E-state index contributed by atoms with van der Waals surface area (Å²) >= 11 is 0. The number of aromatic nitrogens is 4. The van der Waals surface area contributed by atoms with Crippen LogP contribution in [0.25, 0.3) is 5.65 Å². The smallest absolute Gasteiger partial charge is 0.203 e. The third kappa shape index (κ3) is 1.52. The topological polar surface area (TPSA) is 46.3 Å². The summed E-state index contributed by atoms with van der Waals surface area (Å²) in [5.74, 6) is 1.65. The summed E-state index contributed by atoms with van der Waals surface area (Å²) in [6.45, 7) is 5.80. The first-order valence-corrected chi connectivity index (χ1v) is 7.62. The van der Waals surface area contributed by atoms with E-state index in [2.05, 4.69) is 33.9 Å². The number of rotatable bonds is 2. The minimum Gasteiger partial charge on any atom is -0.349 e. The molecule has 2 aromatic heterocycles. The average Bonchev–Trinajstić information content (AvgIpc) is 3.05. The lowest BCUT2D eigenvalue weighted by Gasteiger charge is -2.58. The molecule has 1 saturated carbocycles. The van der Waals surface area contributed by atoms with Crippen molar-refractivity contribution in [1.29, 1.82) is 0 Å². The highest BCUT2D eigenvalue weighted by molar-refractivity contribution is 5.66. The Bertz CT molecular complexity index is 626. The van der Waals surface area contributed by atoms with Gasteiger partial charge in [0.1, 0.15) is 6.33 Å². The maximum Gasteiger partial charge on any atom is 0.203 e. The van der Waals surface area contributed by atoms with Crippen molar-refractivity contribution < 1.29 is 0 Å². The van der Waals surface area contributed by atoms with Gasteiger partial charge >= 0.3 is 0 Å². The molecule has 1 aliphatic carbocycles. The molecule has 1 aliphatic heterocycles. The Morgan fingerprint density at radius 3 is 2.85 bits per heavy atom. The van der Waals surface area contributed by atoms with Crippen LogP contribution in [0.4, 0.5) is 5.82 Å². The van der Waals surface area contributed by atoms with Crippen molar-refractivity contribution in [2.24, 2.45) is 11.3 Å². The van der Waals surface area contributed by atoms with E-state index in [-0.39, 0.29) is 0 Å². The first-order valence-electron chi connectivity index (χ1n) is 7.62. The van der Waals surface area contributed by atoms with E-state index >= 15 is 0 Å². The Kier molecular flexibility index (Phi) is 2.53. The van der Waals surface area contributed by atoms with Gasteiger partial charge in [-0.3, -0.25) is 4.40 Å². The second-order valence-electron chi connectivity index (χ2n) is 6.70. The van der Waals surface area contributed by atoms with E-state index in [1.165, 1.54) is 25.7 Å². The third-order valence-electron chi connectivity index (χ3n) is 5.15. The Morgan fingerprint density at radius 1 is 1.30 bits per heavy atom. The van der Waals surface area contributed by atoms with Gasteiger partial charge in [-0.15, -0.1) is 10.2 Å². The van der Waals surface area contributed by atoms with Crippen LogP contribution in [-0.2, 0) is 0 Å². The van der Waals surface area contributed by atoms with Crippen molar-refractivity contribution in [3.8, 4) is 0 Å². The highest BCUT2D eigenvalue weighted by Gasteiger charge is 2.55. The fourth-order valence-electron chi connectivity index (χ4n) is 4.50. The van der Waals surface area contributed by atoms with Crippen LogP contribution in [0.3, 0.4) is 0 Å². The van der Waals surface area contributed by atoms with Gasteiger partial charge in [0.25, 0.3) is 0 Å². The van der Waals surface area contributed by atoms with Crippen LogP contribution in [0.1, 0.15) is 39.5 Å². The molecule has 0 bridgehead atoms. The Labute approximate surface area is 119 Å². The second-order valence-corrected chi connectivity index (χ2v) is 6.70. The van der Waals surface area contributed by atoms with Crippen molar-refractivity contribution in [3.63, 3.8) is 0 Å². The molecule has 1 saturated heterocycles. The summed E-state index contributed by atoms with van der Waals surface area (Å²) in [6.07, 6.45) is 11.0. The molecule has 1 unspecified atom stereocenters. The van der Waals surface area contributed by atoms with Crippen LogP contribution in [0.2, 0.25) is 0 Å². The fourth-order valence-corrected chi connectivity index (χ4v) is 4.50. The van der Waals surface area contributed by atoms with Crippen LogP contribution in [0, 0.1) is 11.3 Å². The molecule has 5 heteroatoms. The lowest BCUT2D eigenvalue weighted by atomic mass is 9.66. The average molecular weight is 271 g/mol. The Hall–Kier alpha value is -1.65. The molecule has 1 spiro atoms. The molecule has 3 heterocycles. The summed E-state index contributed by atoms with van der Waals surface area (Å²) < 4.78 is 1.96. The monoisotopic (exact) mass is 271 g/mol. The van der Waals surface area contributed by atoms with Crippen molar-refractivity contribution in [2.45, 2.75) is 45.6 Å². The molecule has 0 radical (unpaired) electrons. The van der Waals surface area contributed by atoms with Crippen LogP contribution in [0.5, 0.6) is 0 Å². The molecule has 5 nitrogen and oxygen atoms in total. The van der Waals surface area contributed by atoms with Gasteiger partial charge in [0.2, 0.25) is 5.65 Å². The van der Waals surface area contributed by atoms with E-state index in [4.69, 9.17) is 0 Å². The largest absolute Gasteiger partial charge is 0.349 e. The number of hydrogen-bond donors (Lipinski definition) is 0. The van der Waals surface area contributed by atoms with E-state index in [9.17, 15) is 0 Å². The number of nitrogens with zero attached hydrogens (tertiary/aromatic N) is 5. The zero-order chi connectivity index (χ0) is 13.7. The van der Waals surface area contributed by atoms with Crippen molar-refractivity contribution in [3.05, 3.63) is 18.7 Å². The summed E-state index contributed by atoms with van der Waals surface area (Å²) in [6, 6.07) is 0.598. The molecular weight excluding hydrogens is 250 g/mol. The number of hydrogen-bond acceptors (Lipinski definition) is 4. The highest BCUT2D eigenvalue weighted by Crippen LogP contribution is 2.54. The van der Waals surface area contributed by atoms with E-state index in [1.807, 2.05) is 16.8 Å². The SMILES string of the molecule is CC(C)C1N(c2nccn3cnnc23)CC12CCCC2. The molecule has 4 rings (SSSR count). The maximum atomic E-state index is 4.59. The van der Waals surface area contributed by atoms with Gasteiger partial charge in [-0.05, 0) is 18.8 Å². The first kappa shape index (κ1) is 12.1. The molecule has 1 atom stereocenters. The van der Waals surface area contributed by atoms with E-state index in [0.29, 0.717) is 17.4 Å². The maximum absolute atomic E-state index is 4.59. The summed E-state index contributed by atoms with van der Waals surface area (Å²) in [5, 5.41) is 8.25. The zero-order valence-electron chi connectivity index (χ0n) is 12.2. The van der Waals surface area contributed by atoms with Gasteiger partial charge in [0.05, 0.1) is 0 Å². The predicted molar refractivity (Wildman–Crippen MR) is 77.7 cm³/mol. The molecule has 2 aromatic rings. The highest BCUT2D eigenvalue weighted by atomic mass is 15.3. The molecule has 20 heavy (non-hydrogen) atoms. The molecule has 2 fully saturated rings. The van der Waals surface area contributed by atoms with Gasteiger partial charge in [-0.1, -0.05) is 26.7 Å². The van der Waals surface area contributed by atoms with Crippen molar-refractivity contribution >= 4 is 11.5 Å². The fraction of sp³-hybridized carbons (Fsp3) is 0.667. The molecular formula is C15H21N5. The lowest BCUT2D eigenvalue weighted by Crippen LogP contribution is -2.66. The van der Waals surface area contributed by atoms with Crippen LogP contribution < -0.4 is 4.90 Å². The van der Waals surface area contributed by atoms with Crippen molar-refractivity contribution in [2.75, 3.05) is 11.4 Å². The summed E-state index contributed by atoms with van der Waals surface area (Å²) in [7, 11) is 0. The zero-order valence-corrected chi connectivity index (χ0v) is 12.2. The molecule has 2 aliphatic rings. The first-order chi connectivity index (χ1) is 9.71. The van der Waals surface area contributed by atoms with Gasteiger partial charge in [0, 0.05) is 30.4 Å². The van der Waals surface area contributed by atoms with Gasteiger partial charge in [0.15, 0.2) is 5.82 Å². The van der Waals surface area contributed by atoms with Crippen LogP contribution in [-0.4, -0.2) is 32.2 Å². The summed E-state index contributed by atoms with van der Waals surface area (Å²) in [5.41, 5.74) is 1.41. The summed E-state index contributed by atoms with van der Waals surface area (Å²) in [4.78, 5) is 7.05. The standard InChI is InChI=1S/C15H21N5/c1-11(2)12-15(5-3-4-6-15)9-20(12)13-14-18-17-10-19(14)8-7-16-13/h7-8,10-12H,3-6,9H2,1-2H3. The van der Waals surface area contributed by atoms with Crippen LogP contribution >= 0.6 is 0 Å². The minimum atomic E-state index is 0.530. The molecule has 0 amide bonds. The van der Waals surface area contributed by atoms with E-state index in [0.717, 1.165) is 18.0 Å². The second kappa shape index (κ2) is 4.17. The third-order valence-corrected chi connectivity index (χ3v) is 5.15. The van der Waals surface area contributed by atoms with Crippen molar-refractivity contribution in [1.82, 2.24) is 19.6 Å². The van der Waals surface area contributed by atoms with Gasteiger partial charge in [-0.25, -0.2) is 4.98 Å². The van der Waals surface area contributed by atoms with E-state index < -0.39 is 0 Å². The number of fused-ring (bicyclic) bond motifs is 1. The lowest BCUT2D eigenvalue weighted by molar-refractivity contribution is 0.0983. The molecule has 106 valence electrons. The predicted octanol–water partition coefficient (Wildman–Crippen LogP) is 2.53. The Balaban J connectivity index is 1.74. The number of anilines is 1.